The van der Waals surface area contributed by atoms with Crippen LogP contribution in [0, 0.1) is 22.9 Å². The Morgan fingerprint density at radius 2 is 1.62 bits per heavy atom. The number of benzene rings is 1. The van der Waals surface area contributed by atoms with Gasteiger partial charge in [0.25, 0.3) is 0 Å². The molecular formula is C11H15ClF3N. The van der Waals surface area contributed by atoms with Crippen LogP contribution in [0.3, 0.4) is 0 Å². The molecule has 1 aromatic carbocycles. The first-order chi connectivity index (χ1) is 6.73. The highest BCUT2D eigenvalue weighted by Crippen LogP contribution is 2.32. The first kappa shape index (κ1) is 15.3. The minimum absolute atomic E-state index is 0. The molecule has 0 bridgehead atoms. The van der Waals surface area contributed by atoms with Gasteiger partial charge >= 0.3 is 0 Å². The van der Waals surface area contributed by atoms with E-state index in [0.717, 1.165) is 6.07 Å². The lowest BCUT2D eigenvalue weighted by Gasteiger charge is -2.27. The normalized spacial score (nSPS) is 13.2. The first-order valence-electron chi connectivity index (χ1n) is 4.63. The van der Waals surface area contributed by atoms with Crippen LogP contribution in [-0.2, 0) is 0 Å². The molecule has 0 saturated heterocycles. The molecule has 0 radical (unpaired) electrons. The Hall–Kier alpha value is -0.740. The van der Waals surface area contributed by atoms with Gasteiger partial charge in [-0.15, -0.1) is 12.4 Å². The molecular weight excluding hydrogens is 239 g/mol. The molecule has 1 nitrogen and oxygen atoms in total. The van der Waals surface area contributed by atoms with Crippen molar-refractivity contribution in [2.24, 2.45) is 11.1 Å². The monoisotopic (exact) mass is 253 g/mol. The van der Waals surface area contributed by atoms with E-state index >= 15 is 0 Å². The highest BCUT2D eigenvalue weighted by atomic mass is 35.5. The molecule has 0 heterocycles. The van der Waals surface area contributed by atoms with Gasteiger partial charge in [-0.25, -0.2) is 13.2 Å². The summed E-state index contributed by atoms with van der Waals surface area (Å²) in [5.41, 5.74) is 5.16. The third-order valence-electron chi connectivity index (χ3n) is 2.29. The van der Waals surface area contributed by atoms with E-state index in [0.29, 0.717) is 6.07 Å². The molecule has 5 heteroatoms. The number of nitrogens with two attached hydrogens (primary N) is 1. The minimum atomic E-state index is -1.20. The summed E-state index contributed by atoms with van der Waals surface area (Å²) in [6, 6.07) is 0.699. The fourth-order valence-corrected chi connectivity index (χ4v) is 1.27. The van der Waals surface area contributed by atoms with Gasteiger partial charge in [-0.2, -0.15) is 0 Å². The summed E-state index contributed by atoms with van der Waals surface area (Å²) in [4.78, 5) is 0. The lowest BCUT2D eigenvalue weighted by atomic mass is 9.83. The Morgan fingerprint density at radius 1 is 1.12 bits per heavy atom. The second-order valence-electron chi connectivity index (χ2n) is 4.63. The van der Waals surface area contributed by atoms with Gasteiger partial charge in [-0.1, -0.05) is 20.8 Å². The third kappa shape index (κ3) is 3.12. The van der Waals surface area contributed by atoms with Crippen molar-refractivity contribution in [1.29, 1.82) is 0 Å². The first-order valence-corrected chi connectivity index (χ1v) is 4.63. The summed E-state index contributed by atoms with van der Waals surface area (Å²) < 4.78 is 39.2. The molecule has 0 aliphatic heterocycles. The summed E-state index contributed by atoms with van der Waals surface area (Å²) in [6.45, 7) is 5.33. The van der Waals surface area contributed by atoms with Gasteiger partial charge in [0.15, 0.2) is 11.6 Å². The van der Waals surface area contributed by atoms with Gasteiger partial charge in [0.1, 0.15) is 5.82 Å². The molecule has 2 N–H and O–H groups in total. The quantitative estimate of drug-likeness (QED) is 0.761. The van der Waals surface area contributed by atoms with Gasteiger partial charge in [0.2, 0.25) is 0 Å². The van der Waals surface area contributed by atoms with Crippen LogP contribution in [0.4, 0.5) is 13.2 Å². The van der Waals surface area contributed by atoms with E-state index in [-0.39, 0.29) is 18.0 Å². The Morgan fingerprint density at radius 3 is 2.06 bits per heavy atom. The van der Waals surface area contributed by atoms with Crippen molar-refractivity contribution < 1.29 is 13.2 Å². The Labute approximate surface area is 99.2 Å². The van der Waals surface area contributed by atoms with Gasteiger partial charge in [-0.3, -0.25) is 0 Å². The van der Waals surface area contributed by atoms with Crippen LogP contribution in [0.25, 0.3) is 0 Å². The van der Waals surface area contributed by atoms with Gasteiger partial charge < -0.3 is 5.73 Å². The predicted octanol–water partition coefficient (Wildman–Crippen LogP) is 3.57. The average Bonchev–Trinajstić information content (AvgIpc) is 2.08. The highest BCUT2D eigenvalue weighted by Gasteiger charge is 2.26. The third-order valence-corrected chi connectivity index (χ3v) is 2.29. The van der Waals surface area contributed by atoms with E-state index in [1.807, 2.05) is 0 Å². The van der Waals surface area contributed by atoms with Gasteiger partial charge in [0, 0.05) is 17.7 Å². The zero-order valence-corrected chi connectivity index (χ0v) is 10.2. The van der Waals surface area contributed by atoms with E-state index < -0.39 is 28.9 Å². The maximum atomic E-state index is 13.3. The summed E-state index contributed by atoms with van der Waals surface area (Å²) in [6.07, 6.45) is 0. The molecule has 0 aliphatic rings. The number of hydrogen-bond donors (Lipinski definition) is 1. The van der Waals surface area contributed by atoms with E-state index in [2.05, 4.69) is 0 Å². The van der Waals surface area contributed by atoms with Crippen molar-refractivity contribution in [2.45, 2.75) is 26.8 Å². The molecule has 0 saturated carbocycles. The lowest BCUT2D eigenvalue weighted by Crippen LogP contribution is -2.27. The largest absolute Gasteiger partial charge is 0.323 e. The Bertz CT molecular complexity index is 374. The van der Waals surface area contributed by atoms with E-state index in [1.165, 1.54) is 0 Å². The number of halogens is 4. The van der Waals surface area contributed by atoms with E-state index in [4.69, 9.17) is 5.73 Å². The zero-order valence-electron chi connectivity index (χ0n) is 9.35. The molecule has 92 valence electrons. The lowest BCUT2D eigenvalue weighted by molar-refractivity contribution is 0.314. The average molecular weight is 254 g/mol. The smallest absolute Gasteiger partial charge is 0.163 e. The van der Waals surface area contributed by atoms with Crippen LogP contribution in [0.1, 0.15) is 32.4 Å². The van der Waals surface area contributed by atoms with Gasteiger partial charge in [0.05, 0.1) is 0 Å². The summed E-state index contributed by atoms with van der Waals surface area (Å²) in [5, 5.41) is 0. The topological polar surface area (TPSA) is 26.0 Å². The van der Waals surface area contributed by atoms with Crippen molar-refractivity contribution in [1.82, 2.24) is 0 Å². The molecule has 0 amide bonds. The Kier molecular flexibility index (Phi) is 4.83. The van der Waals surface area contributed by atoms with Crippen LogP contribution >= 0.6 is 12.4 Å². The maximum Gasteiger partial charge on any atom is 0.163 e. The Balaban J connectivity index is 0.00000225. The van der Waals surface area contributed by atoms with Crippen molar-refractivity contribution in [3.8, 4) is 0 Å². The van der Waals surface area contributed by atoms with Crippen molar-refractivity contribution >= 4 is 12.4 Å². The molecule has 0 fully saturated rings. The highest BCUT2D eigenvalue weighted by molar-refractivity contribution is 5.85. The SMILES string of the molecule is CC(C)(C)[C@@H](N)c1cc(F)cc(F)c1F.Cl. The maximum absolute atomic E-state index is 13.3. The van der Waals surface area contributed by atoms with E-state index in [9.17, 15) is 13.2 Å². The molecule has 1 atom stereocenters. The second kappa shape index (κ2) is 5.06. The fourth-order valence-electron chi connectivity index (χ4n) is 1.27. The fraction of sp³-hybridized carbons (Fsp3) is 0.455. The van der Waals surface area contributed by atoms with Crippen molar-refractivity contribution in [3.63, 3.8) is 0 Å². The predicted molar refractivity (Wildman–Crippen MR) is 59.9 cm³/mol. The number of hydrogen-bond acceptors (Lipinski definition) is 1. The van der Waals surface area contributed by atoms with Gasteiger partial charge in [-0.05, 0) is 11.5 Å². The van der Waals surface area contributed by atoms with Crippen LogP contribution in [0.5, 0.6) is 0 Å². The molecule has 1 rings (SSSR count). The van der Waals surface area contributed by atoms with Crippen LogP contribution in [0.2, 0.25) is 0 Å². The van der Waals surface area contributed by atoms with Crippen LogP contribution in [-0.4, -0.2) is 0 Å². The van der Waals surface area contributed by atoms with Crippen molar-refractivity contribution in [2.75, 3.05) is 0 Å². The molecule has 1 aromatic rings. The molecule has 0 unspecified atom stereocenters. The zero-order chi connectivity index (χ0) is 11.8. The van der Waals surface area contributed by atoms with Crippen molar-refractivity contribution in [3.05, 3.63) is 35.1 Å². The summed E-state index contributed by atoms with van der Waals surface area (Å²) in [5.74, 6) is -3.09. The van der Waals surface area contributed by atoms with Crippen LogP contribution < -0.4 is 5.73 Å². The minimum Gasteiger partial charge on any atom is -0.323 e. The second-order valence-corrected chi connectivity index (χ2v) is 4.63. The summed E-state index contributed by atoms with van der Waals surface area (Å²) >= 11 is 0. The molecule has 0 aromatic heterocycles. The summed E-state index contributed by atoms with van der Waals surface area (Å²) in [7, 11) is 0. The number of rotatable bonds is 1. The molecule has 16 heavy (non-hydrogen) atoms. The molecule has 0 aliphatic carbocycles. The van der Waals surface area contributed by atoms with E-state index in [1.54, 1.807) is 20.8 Å². The van der Waals surface area contributed by atoms with Crippen LogP contribution in [0.15, 0.2) is 12.1 Å². The molecule has 0 spiro atoms. The standard InChI is InChI=1S/C11H14F3N.ClH/c1-11(2,3)10(15)7-4-6(12)5-8(13)9(7)14;/h4-5,10H,15H2,1-3H3;1H/t10-;/m0./s1.